The Bertz CT molecular complexity index is 536. The van der Waals surface area contributed by atoms with Crippen molar-refractivity contribution in [2.24, 2.45) is 0 Å². The second kappa shape index (κ2) is 5.31. The maximum Gasteiger partial charge on any atom is 0.130 e. The summed E-state index contributed by atoms with van der Waals surface area (Å²) in [5, 5.41) is 3.13. The Morgan fingerprint density at radius 3 is 2.61 bits per heavy atom. The van der Waals surface area contributed by atoms with Crippen LogP contribution in [0.25, 0.3) is 0 Å². The molecule has 18 heavy (non-hydrogen) atoms. The molecule has 1 aromatic carbocycles. The van der Waals surface area contributed by atoms with Gasteiger partial charge < -0.3 is 9.73 Å². The van der Waals surface area contributed by atoms with Crippen molar-refractivity contribution in [1.29, 1.82) is 0 Å². The number of halogens is 2. The Hall–Kier alpha value is -1.68. The first kappa shape index (κ1) is 12.8. The third kappa shape index (κ3) is 2.96. The zero-order valence-electron chi connectivity index (χ0n) is 10.3. The molecule has 0 aliphatic rings. The first-order valence-electron chi connectivity index (χ1n) is 5.80. The van der Waals surface area contributed by atoms with Crippen LogP contribution in [0, 0.1) is 18.6 Å². The van der Waals surface area contributed by atoms with Crippen LogP contribution in [-0.2, 0) is 6.54 Å². The Morgan fingerprint density at radius 1 is 1.22 bits per heavy atom. The van der Waals surface area contributed by atoms with E-state index in [9.17, 15) is 8.78 Å². The fourth-order valence-corrected chi connectivity index (χ4v) is 1.80. The molecule has 0 aliphatic heterocycles. The molecule has 0 aliphatic carbocycles. The second-order valence-corrected chi connectivity index (χ2v) is 4.28. The summed E-state index contributed by atoms with van der Waals surface area (Å²) in [7, 11) is 0. The van der Waals surface area contributed by atoms with Gasteiger partial charge in [-0.3, -0.25) is 0 Å². The van der Waals surface area contributed by atoms with Gasteiger partial charge in [-0.05, 0) is 32.0 Å². The van der Waals surface area contributed by atoms with Crippen molar-refractivity contribution in [2.75, 3.05) is 0 Å². The van der Waals surface area contributed by atoms with E-state index in [0.29, 0.717) is 12.1 Å². The minimum absolute atomic E-state index is 0.212. The number of aryl methyl sites for hydroxylation is 1. The molecule has 0 radical (unpaired) electrons. The number of nitrogens with one attached hydrogen (secondary N) is 1. The van der Waals surface area contributed by atoms with Crippen LogP contribution in [0.1, 0.15) is 30.0 Å². The minimum Gasteiger partial charge on any atom is -0.465 e. The Labute approximate surface area is 105 Å². The van der Waals surface area contributed by atoms with Gasteiger partial charge in [-0.25, -0.2) is 8.78 Å². The lowest BCUT2D eigenvalue weighted by Gasteiger charge is -2.14. The van der Waals surface area contributed by atoms with Crippen molar-refractivity contribution in [3.05, 3.63) is 59.1 Å². The fraction of sp³-hybridized carbons (Fsp3) is 0.286. The summed E-state index contributed by atoms with van der Waals surface area (Å²) >= 11 is 0. The van der Waals surface area contributed by atoms with Crippen LogP contribution in [0.5, 0.6) is 0 Å². The van der Waals surface area contributed by atoms with Gasteiger partial charge in [0.2, 0.25) is 0 Å². The van der Waals surface area contributed by atoms with Gasteiger partial charge >= 0.3 is 0 Å². The molecule has 1 aromatic heterocycles. The van der Waals surface area contributed by atoms with Crippen molar-refractivity contribution in [1.82, 2.24) is 5.32 Å². The van der Waals surface area contributed by atoms with Crippen molar-refractivity contribution in [2.45, 2.75) is 26.4 Å². The van der Waals surface area contributed by atoms with E-state index in [-0.39, 0.29) is 6.04 Å². The van der Waals surface area contributed by atoms with Gasteiger partial charge in [0.1, 0.15) is 23.2 Å². The first-order chi connectivity index (χ1) is 8.56. The SMILES string of the molecule is Cc1ccc(CNC(C)c2ccc(F)cc2F)o1. The third-order valence-electron chi connectivity index (χ3n) is 2.81. The predicted octanol–water partition coefficient (Wildman–Crippen LogP) is 3.72. The van der Waals surface area contributed by atoms with Crippen LogP contribution in [0.15, 0.2) is 34.7 Å². The molecule has 0 saturated carbocycles. The van der Waals surface area contributed by atoms with Crippen LogP contribution in [0.2, 0.25) is 0 Å². The Balaban J connectivity index is 2.01. The molecule has 2 nitrogen and oxygen atoms in total. The van der Waals surface area contributed by atoms with E-state index in [1.807, 2.05) is 26.0 Å². The highest BCUT2D eigenvalue weighted by atomic mass is 19.1. The van der Waals surface area contributed by atoms with Crippen molar-refractivity contribution in [3.8, 4) is 0 Å². The average Bonchev–Trinajstić information content (AvgIpc) is 2.72. The number of benzene rings is 1. The van der Waals surface area contributed by atoms with Crippen LogP contribution >= 0.6 is 0 Å². The second-order valence-electron chi connectivity index (χ2n) is 4.28. The number of hydrogen-bond acceptors (Lipinski definition) is 2. The summed E-state index contributed by atoms with van der Waals surface area (Å²) < 4.78 is 31.7. The van der Waals surface area contributed by atoms with Crippen molar-refractivity contribution < 1.29 is 13.2 Å². The fourth-order valence-electron chi connectivity index (χ4n) is 1.80. The van der Waals surface area contributed by atoms with Gasteiger partial charge in [-0.2, -0.15) is 0 Å². The zero-order chi connectivity index (χ0) is 13.1. The smallest absolute Gasteiger partial charge is 0.130 e. The van der Waals surface area contributed by atoms with E-state index in [2.05, 4.69) is 5.32 Å². The van der Waals surface area contributed by atoms with Crippen LogP contribution < -0.4 is 5.32 Å². The van der Waals surface area contributed by atoms with E-state index in [1.54, 1.807) is 0 Å². The van der Waals surface area contributed by atoms with Crippen molar-refractivity contribution >= 4 is 0 Å². The van der Waals surface area contributed by atoms with Gasteiger partial charge in [0, 0.05) is 17.7 Å². The van der Waals surface area contributed by atoms with Gasteiger partial charge in [-0.1, -0.05) is 6.07 Å². The van der Waals surface area contributed by atoms with Crippen LogP contribution in [0.4, 0.5) is 8.78 Å². The molecule has 0 bridgehead atoms. The topological polar surface area (TPSA) is 25.2 Å². The largest absolute Gasteiger partial charge is 0.465 e. The number of hydrogen-bond donors (Lipinski definition) is 1. The lowest BCUT2D eigenvalue weighted by atomic mass is 10.1. The van der Waals surface area contributed by atoms with Crippen LogP contribution in [-0.4, -0.2) is 0 Å². The van der Waals surface area contributed by atoms with Gasteiger partial charge in [-0.15, -0.1) is 0 Å². The monoisotopic (exact) mass is 251 g/mol. The third-order valence-corrected chi connectivity index (χ3v) is 2.81. The summed E-state index contributed by atoms with van der Waals surface area (Å²) in [6.07, 6.45) is 0. The van der Waals surface area contributed by atoms with Crippen LogP contribution in [0.3, 0.4) is 0 Å². The molecule has 1 N–H and O–H groups in total. The lowest BCUT2D eigenvalue weighted by Crippen LogP contribution is -2.18. The lowest BCUT2D eigenvalue weighted by molar-refractivity contribution is 0.438. The summed E-state index contributed by atoms with van der Waals surface area (Å²) in [6, 6.07) is 7.14. The minimum atomic E-state index is -0.565. The normalized spacial score (nSPS) is 12.7. The van der Waals surface area contributed by atoms with E-state index in [4.69, 9.17) is 4.42 Å². The molecule has 1 unspecified atom stereocenters. The number of rotatable bonds is 4. The average molecular weight is 251 g/mol. The predicted molar refractivity (Wildman–Crippen MR) is 65.1 cm³/mol. The van der Waals surface area contributed by atoms with E-state index >= 15 is 0 Å². The summed E-state index contributed by atoms with van der Waals surface area (Å²) in [5.41, 5.74) is 0.444. The quantitative estimate of drug-likeness (QED) is 0.896. The highest BCUT2D eigenvalue weighted by Crippen LogP contribution is 2.18. The molecule has 0 saturated heterocycles. The molecule has 2 aromatic rings. The zero-order valence-corrected chi connectivity index (χ0v) is 10.3. The summed E-state index contributed by atoms with van der Waals surface area (Å²) in [4.78, 5) is 0. The Kier molecular flexibility index (Phi) is 3.77. The molecule has 0 amide bonds. The molecule has 0 spiro atoms. The number of furan rings is 1. The summed E-state index contributed by atoms with van der Waals surface area (Å²) in [5.74, 6) is 0.532. The maximum atomic E-state index is 13.5. The van der Waals surface area contributed by atoms with E-state index < -0.39 is 11.6 Å². The van der Waals surface area contributed by atoms with E-state index in [0.717, 1.165) is 17.6 Å². The van der Waals surface area contributed by atoms with Crippen molar-refractivity contribution in [3.63, 3.8) is 0 Å². The van der Waals surface area contributed by atoms with Gasteiger partial charge in [0.15, 0.2) is 0 Å². The van der Waals surface area contributed by atoms with Gasteiger partial charge in [0.05, 0.1) is 6.54 Å². The molecule has 0 fully saturated rings. The molecule has 1 atom stereocenters. The standard InChI is InChI=1S/C14H15F2NO/c1-9-3-5-12(18-9)8-17-10(2)13-6-4-11(15)7-14(13)16/h3-7,10,17H,8H2,1-2H3. The molecule has 96 valence electrons. The summed E-state index contributed by atoms with van der Waals surface area (Å²) in [6.45, 7) is 4.20. The molecule has 1 heterocycles. The molecule has 2 rings (SSSR count). The van der Waals surface area contributed by atoms with Gasteiger partial charge in [0.25, 0.3) is 0 Å². The highest BCUT2D eigenvalue weighted by molar-refractivity contribution is 5.21. The van der Waals surface area contributed by atoms with E-state index in [1.165, 1.54) is 12.1 Å². The maximum absolute atomic E-state index is 13.5. The first-order valence-corrected chi connectivity index (χ1v) is 5.80. The Morgan fingerprint density at radius 2 is 2.00 bits per heavy atom. The molecule has 4 heteroatoms. The molecular weight excluding hydrogens is 236 g/mol. The highest BCUT2D eigenvalue weighted by Gasteiger charge is 2.11. The molecular formula is C14H15F2NO.